The van der Waals surface area contributed by atoms with Gasteiger partial charge in [0, 0.05) is 11.8 Å². The SMILES string of the molecule is Cc1cccc(Cl)c1NC(=O)C(c1ccc(O)cc1)N(C(=O)C(CS)NC(=O)OC(C)(C)C)C1CC1. The van der Waals surface area contributed by atoms with Crippen LogP contribution in [-0.4, -0.2) is 51.4 Å². The highest BCUT2D eigenvalue weighted by atomic mass is 35.5. The molecular weight excluding hydrogens is 502 g/mol. The fourth-order valence-electron chi connectivity index (χ4n) is 3.76. The number of thiol groups is 1. The summed E-state index contributed by atoms with van der Waals surface area (Å²) in [6.45, 7) is 7.00. The minimum Gasteiger partial charge on any atom is -0.508 e. The molecule has 2 aromatic rings. The number of aryl methyl sites for hydroxylation is 1. The molecule has 0 radical (unpaired) electrons. The molecule has 1 saturated carbocycles. The van der Waals surface area contributed by atoms with E-state index in [2.05, 4.69) is 23.3 Å². The molecule has 36 heavy (non-hydrogen) atoms. The number of rotatable bonds is 8. The monoisotopic (exact) mass is 533 g/mol. The molecule has 0 bridgehead atoms. The zero-order chi connectivity index (χ0) is 26.6. The lowest BCUT2D eigenvalue weighted by molar-refractivity contribution is -0.141. The van der Waals surface area contributed by atoms with Gasteiger partial charge in [-0.3, -0.25) is 9.59 Å². The normalized spacial score (nSPS) is 14.9. The van der Waals surface area contributed by atoms with Gasteiger partial charge < -0.3 is 25.4 Å². The van der Waals surface area contributed by atoms with Crippen molar-refractivity contribution in [2.75, 3.05) is 11.1 Å². The largest absolute Gasteiger partial charge is 0.508 e. The van der Waals surface area contributed by atoms with Gasteiger partial charge in [0.15, 0.2) is 0 Å². The van der Waals surface area contributed by atoms with Crippen molar-refractivity contribution >= 4 is 47.8 Å². The third-order valence-corrected chi connectivity index (χ3v) is 6.25. The molecular formula is C26H32ClN3O5S. The van der Waals surface area contributed by atoms with Crippen molar-refractivity contribution in [1.82, 2.24) is 10.2 Å². The molecule has 0 aliphatic heterocycles. The van der Waals surface area contributed by atoms with Crippen LogP contribution in [0.15, 0.2) is 42.5 Å². The summed E-state index contributed by atoms with van der Waals surface area (Å²) in [6.07, 6.45) is 0.678. The van der Waals surface area contributed by atoms with Gasteiger partial charge >= 0.3 is 6.09 Å². The van der Waals surface area contributed by atoms with E-state index in [1.165, 1.54) is 17.0 Å². The van der Waals surface area contributed by atoms with Crippen molar-refractivity contribution in [3.8, 4) is 5.75 Å². The van der Waals surface area contributed by atoms with Crippen LogP contribution < -0.4 is 10.6 Å². The number of phenolic OH excluding ortho intramolecular Hbond substituents is 1. The van der Waals surface area contributed by atoms with E-state index in [1.807, 2.05) is 13.0 Å². The number of nitrogens with zero attached hydrogens (tertiary/aromatic N) is 1. The standard InChI is InChI=1S/C26H32ClN3O5S/c1-15-6-5-7-19(27)21(15)29-23(32)22(16-8-12-18(31)13-9-16)30(17-10-11-17)24(33)20(14-36)28-25(34)35-26(2,3)4/h5-9,12-13,17,20,22,31,36H,10-11,14H2,1-4H3,(H,28,34)(H,29,32). The topological polar surface area (TPSA) is 108 Å². The molecule has 194 valence electrons. The molecule has 0 spiro atoms. The number of hydrogen-bond donors (Lipinski definition) is 4. The number of carbonyl (C=O) groups is 3. The number of aromatic hydroxyl groups is 1. The van der Waals surface area contributed by atoms with E-state index in [4.69, 9.17) is 16.3 Å². The molecule has 3 rings (SSSR count). The van der Waals surface area contributed by atoms with Gasteiger partial charge in [0.25, 0.3) is 5.91 Å². The van der Waals surface area contributed by atoms with Crippen LogP contribution in [0.1, 0.15) is 50.8 Å². The highest BCUT2D eigenvalue weighted by molar-refractivity contribution is 7.80. The van der Waals surface area contributed by atoms with Crippen molar-refractivity contribution in [1.29, 1.82) is 0 Å². The van der Waals surface area contributed by atoms with Crippen molar-refractivity contribution in [2.45, 2.75) is 64.3 Å². The smallest absolute Gasteiger partial charge is 0.408 e. The predicted molar refractivity (Wildman–Crippen MR) is 143 cm³/mol. The fraction of sp³-hybridized carbons (Fsp3) is 0.423. The number of nitrogens with one attached hydrogen (secondary N) is 2. The number of halogens is 1. The van der Waals surface area contributed by atoms with E-state index in [9.17, 15) is 19.5 Å². The first-order chi connectivity index (χ1) is 16.9. The summed E-state index contributed by atoms with van der Waals surface area (Å²) in [7, 11) is 0. The Morgan fingerprint density at radius 2 is 1.81 bits per heavy atom. The molecule has 2 atom stereocenters. The molecule has 10 heteroatoms. The van der Waals surface area contributed by atoms with E-state index in [1.54, 1.807) is 45.0 Å². The molecule has 1 fully saturated rings. The lowest BCUT2D eigenvalue weighted by Crippen LogP contribution is -2.54. The zero-order valence-corrected chi connectivity index (χ0v) is 22.4. The Morgan fingerprint density at radius 1 is 1.17 bits per heavy atom. The third-order valence-electron chi connectivity index (χ3n) is 5.57. The third kappa shape index (κ3) is 7.07. The van der Waals surface area contributed by atoms with Gasteiger partial charge in [-0.2, -0.15) is 12.6 Å². The van der Waals surface area contributed by atoms with Gasteiger partial charge in [-0.15, -0.1) is 0 Å². The summed E-state index contributed by atoms with van der Waals surface area (Å²) < 4.78 is 5.31. The Kier molecular flexibility index (Phi) is 8.79. The molecule has 0 saturated heterocycles. The molecule has 2 aromatic carbocycles. The second-order valence-electron chi connectivity index (χ2n) is 9.77. The Morgan fingerprint density at radius 3 is 2.33 bits per heavy atom. The molecule has 0 heterocycles. The van der Waals surface area contributed by atoms with Crippen molar-refractivity contribution in [2.24, 2.45) is 0 Å². The highest BCUT2D eigenvalue weighted by Crippen LogP contribution is 2.37. The summed E-state index contributed by atoms with van der Waals surface area (Å²) >= 11 is 10.6. The van der Waals surface area contributed by atoms with Crippen LogP contribution in [0.4, 0.5) is 10.5 Å². The number of benzene rings is 2. The van der Waals surface area contributed by atoms with Crippen LogP contribution in [0.3, 0.4) is 0 Å². The van der Waals surface area contributed by atoms with E-state index < -0.39 is 35.6 Å². The molecule has 2 unspecified atom stereocenters. The highest BCUT2D eigenvalue weighted by Gasteiger charge is 2.44. The van der Waals surface area contributed by atoms with Crippen LogP contribution in [0.5, 0.6) is 5.75 Å². The summed E-state index contributed by atoms with van der Waals surface area (Å²) in [5.74, 6) is -0.881. The van der Waals surface area contributed by atoms with Crippen LogP contribution in [0, 0.1) is 6.92 Å². The first kappa shape index (κ1) is 27.7. The lowest BCUT2D eigenvalue weighted by Gasteiger charge is -2.34. The number of carbonyl (C=O) groups excluding carboxylic acids is 3. The molecule has 8 nitrogen and oxygen atoms in total. The van der Waals surface area contributed by atoms with Gasteiger partial charge in [0.2, 0.25) is 5.91 Å². The van der Waals surface area contributed by atoms with Crippen LogP contribution >= 0.6 is 24.2 Å². The Hall–Kier alpha value is -2.91. The van der Waals surface area contributed by atoms with Gasteiger partial charge in [0.1, 0.15) is 23.4 Å². The van der Waals surface area contributed by atoms with Crippen LogP contribution in [0.2, 0.25) is 5.02 Å². The first-order valence-electron chi connectivity index (χ1n) is 11.7. The maximum absolute atomic E-state index is 13.8. The lowest BCUT2D eigenvalue weighted by atomic mass is 10.0. The fourth-order valence-corrected chi connectivity index (χ4v) is 4.28. The maximum Gasteiger partial charge on any atom is 0.408 e. The summed E-state index contributed by atoms with van der Waals surface area (Å²) in [5, 5.41) is 15.6. The Bertz CT molecular complexity index is 1100. The minimum atomic E-state index is -1.04. The molecule has 3 amide bonds. The number of alkyl carbamates (subject to hydrolysis) is 1. The summed E-state index contributed by atoms with van der Waals surface area (Å²) in [6, 6.07) is 9.14. The van der Waals surface area contributed by atoms with E-state index in [0.29, 0.717) is 29.1 Å². The van der Waals surface area contributed by atoms with Crippen molar-refractivity contribution in [3.05, 3.63) is 58.6 Å². The second kappa shape index (κ2) is 11.4. The van der Waals surface area contributed by atoms with Crippen molar-refractivity contribution in [3.63, 3.8) is 0 Å². The molecule has 1 aliphatic rings. The number of phenols is 1. The van der Waals surface area contributed by atoms with Crippen molar-refractivity contribution < 1.29 is 24.2 Å². The van der Waals surface area contributed by atoms with Gasteiger partial charge in [-0.05, 0) is 69.9 Å². The predicted octanol–water partition coefficient (Wildman–Crippen LogP) is 4.85. The number of amides is 3. The number of para-hydroxylation sites is 1. The first-order valence-corrected chi connectivity index (χ1v) is 12.7. The average Bonchev–Trinajstić information content (AvgIpc) is 3.62. The number of anilines is 1. The Labute approximate surface area is 221 Å². The maximum atomic E-state index is 13.8. The van der Waals surface area contributed by atoms with Gasteiger partial charge in [-0.1, -0.05) is 35.9 Å². The second-order valence-corrected chi connectivity index (χ2v) is 10.5. The van der Waals surface area contributed by atoms with E-state index in [0.717, 1.165) is 5.56 Å². The Balaban J connectivity index is 1.97. The molecule has 0 aromatic heterocycles. The number of ether oxygens (including phenoxy) is 1. The molecule has 3 N–H and O–H groups in total. The zero-order valence-electron chi connectivity index (χ0n) is 20.7. The summed E-state index contributed by atoms with van der Waals surface area (Å²) in [5.41, 5.74) is 0.981. The van der Waals surface area contributed by atoms with Gasteiger partial charge in [0.05, 0.1) is 10.7 Å². The van der Waals surface area contributed by atoms with E-state index >= 15 is 0 Å². The summed E-state index contributed by atoms with van der Waals surface area (Å²) in [4.78, 5) is 41.4. The quantitative estimate of drug-likeness (QED) is 0.363. The van der Waals surface area contributed by atoms with Crippen LogP contribution in [0.25, 0.3) is 0 Å². The van der Waals surface area contributed by atoms with Crippen LogP contribution in [-0.2, 0) is 14.3 Å². The molecule has 1 aliphatic carbocycles. The number of hydrogen-bond acceptors (Lipinski definition) is 6. The average molecular weight is 534 g/mol. The minimum absolute atomic E-state index is 0.00876. The van der Waals surface area contributed by atoms with E-state index in [-0.39, 0.29) is 17.5 Å². The van der Waals surface area contributed by atoms with Gasteiger partial charge in [-0.25, -0.2) is 4.79 Å².